The van der Waals surface area contributed by atoms with Crippen molar-refractivity contribution in [2.45, 2.75) is 44.0 Å². The Bertz CT molecular complexity index is 547. The number of aliphatic hydroxyl groups is 1. The van der Waals surface area contributed by atoms with Gasteiger partial charge in [0.15, 0.2) is 0 Å². The summed E-state index contributed by atoms with van der Waals surface area (Å²) < 4.78 is 37.8. The molecule has 0 heterocycles. The Balaban J connectivity index is 1.92. The molecule has 0 unspecified atom stereocenters. The van der Waals surface area contributed by atoms with E-state index < -0.39 is 11.7 Å². The quantitative estimate of drug-likeness (QED) is 0.842. The van der Waals surface area contributed by atoms with Crippen LogP contribution in [0.5, 0.6) is 0 Å². The topological polar surface area (TPSA) is 49.3 Å². The number of rotatable bonds is 3. The van der Waals surface area contributed by atoms with Crippen LogP contribution < -0.4 is 5.32 Å². The summed E-state index contributed by atoms with van der Waals surface area (Å²) in [5.41, 5.74) is -0.416. The molecule has 0 aromatic heterocycles. The van der Waals surface area contributed by atoms with Crippen LogP contribution in [0.2, 0.25) is 0 Å². The van der Waals surface area contributed by atoms with E-state index in [-0.39, 0.29) is 18.1 Å². The van der Waals surface area contributed by atoms with Gasteiger partial charge in [-0.2, -0.15) is 13.2 Å². The lowest BCUT2D eigenvalue weighted by molar-refractivity contribution is -0.137. The third-order valence-corrected chi connectivity index (χ3v) is 3.68. The first-order chi connectivity index (χ1) is 10.3. The van der Waals surface area contributed by atoms with Crippen LogP contribution in [-0.2, 0) is 11.0 Å². The summed E-state index contributed by atoms with van der Waals surface area (Å²) in [5.74, 6) is -0.334. The zero-order valence-electron chi connectivity index (χ0n) is 11.9. The third-order valence-electron chi connectivity index (χ3n) is 3.68. The minimum Gasteiger partial charge on any atom is -0.393 e. The Labute approximate surface area is 126 Å². The molecule has 6 heteroatoms. The summed E-state index contributed by atoms with van der Waals surface area (Å²) in [4.78, 5) is 11.8. The van der Waals surface area contributed by atoms with Crippen LogP contribution in [0.25, 0.3) is 6.08 Å². The molecule has 0 spiro atoms. The number of benzene rings is 1. The van der Waals surface area contributed by atoms with Crippen molar-refractivity contribution in [3.8, 4) is 0 Å². The highest BCUT2D eigenvalue weighted by Gasteiger charge is 2.30. The van der Waals surface area contributed by atoms with Gasteiger partial charge in [0.1, 0.15) is 0 Å². The van der Waals surface area contributed by atoms with E-state index >= 15 is 0 Å². The first kappa shape index (κ1) is 16.5. The van der Waals surface area contributed by atoms with Crippen LogP contribution in [0, 0.1) is 0 Å². The molecule has 1 saturated carbocycles. The molecule has 0 saturated heterocycles. The molecule has 3 nitrogen and oxygen atoms in total. The van der Waals surface area contributed by atoms with Gasteiger partial charge in [-0.05, 0) is 49.5 Å². The zero-order chi connectivity index (χ0) is 16.2. The van der Waals surface area contributed by atoms with Crippen LogP contribution in [0.15, 0.2) is 30.3 Å². The molecule has 1 amide bonds. The maximum Gasteiger partial charge on any atom is 0.416 e. The lowest BCUT2D eigenvalue weighted by atomic mass is 9.93. The van der Waals surface area contributed by atoms with Gasteiger partial charge in [-0.15, -0.1) is 0 Å². The number of nitrogens with one attached hydrogen (secondary N) is 1. The molecule has 1 aliphatic rings. The van der Waals surface area contributed by atoms with Crippen molar-refractivity contribution in [2.24, 2.45) is 0 Å². The fourth-order valence-corrected chi connectivity index (χ4v) is 2.46. The standard InChI is InChI=1S/C16H18F3NO2/c17-16(18,19)12-3-1-2-11(10-12)4-9-15(22)20-13-5-7-14(21)8-6-13/h1-4,9-10,13-14,21H,5-8H2,(H,20,22). The molecule has 1 aromatic rings. The number of aliphatic hydroxyl groups excluding tert-OH is 1. The average Bonchev–Trinajstić information content (AvgIpc) is 2.47. The van der Waals surface area contributed by atoms with E-state index in [1.807, 2.05) is 0 Å². The van der Waals surface area contributed by atoms with E-state index in [9.17, 15) is 23.1 Å². The van der Waals surface area contributed by atoms with Gasteiger partial charge in [0.2, 0.25) is 5.91 Å². The van der Waals surface area contributed by atoms with E-state index in [0.717, 1.165) is 12.1 Å². The lowest BCUT2D eigenvalue weighted by Crippen LogP contribution is -2.37. The molecule has 2 N–H and O–H groups in total. The van der Waals surface area contributed by atoms with Crippen LogP contribution in [0.3, 0.4) is 0 Å². The second-order valence-corrected chi connectivity index (χ2v) is 5.47. The van der Waals surface area contributed by atoms with Gasteiger partial charge in [-0.25, -0.2) is 0 Å². The molecule has 2 rings (SSSR count). The summed E-state index contributed by atoms with van der Waals surface area (Å²) in [6.07, 6.45) is 0.644. The molecule has 0 aliphatic heterocycles. The molecule has 0 atom stereocenters. The monoisotopic (exact) mass is 313 g/mol. The summed E-state index contributed by atoms with van der Waals surface area (Å²) in [5, 5.41) is 12.2. The van der Waals surface area contributed by atoms with E-state index in [1.165, 1.54) is 24.3 Å². The van der Waals surface area contributed by atoms with Gasteiger partial charge < -0.3 is 10.4 Å². The first-order valence-corrected chi connectivity index (χ1v) is 7.18. The fraction of sp³-hybridized carbons (Fsp3) is 0.438. The van der Waals surface area contributed by atoms with Crippen LogP contribution in [-0.4, -0.2) is 23.2 Å². The van der Waals surface area contributed by atoms with Crippen molar-refractivity contribution < 1.29 is 23.1 Å². The number of amides is 1. The van der Waals surface area contributed by atoms with Gasteiger partial charge in [-0.3, -0.25) is 4.79 Å². The Kier molecular flexibility index (Phi) is 5.24. The summed E-state index contributed by atoms with van der Waals surface area (Å²) in [6, 6.07) is 4.83. The van der Waals surface area contributed by atoms with E-state index in [4.69, 9.17) is 0 Å². The largest absolute Gasteiger partial charge is 0.416 e. The maximum atomic E-state index is 12.6. The number of alkyl halides is 3. The predicted octanol–water partition coefficient (Wildman–Crippen LogP) is 3.14. The molecular weight excluding hydrogens is 295 g/mol. The van der Waals surface area contributed by atoms with Crippen LogP contribution in [0.1, 0.15) is 36.8 Å². The number of halogens is 3. The molecule has 0 radical (unpaired) electrons. The van der Waals surface area contributed by atoms with Gasteiger partial charge in [0, 0.05) is 12.1 Å². The highest BCUT2D eigenvalue weighted by molar-refractivity contribution is 5.91. The molecule has 1 aromatic carbocycles. The fourth-order valence-electron chi connectivity index (χ4n) is 2.46. The Morgan fingerprint density at radius 3 is 2.55 bits per heavy atom. The van der Waals surface area contributed by atoms with Crippen molar-refractivity contribution in [2.75, 3.05) is 0 Å². The Morgan fingerprint density at radius 1 is 1.23 bits per heavy atom. The molecule has 22 heavy (non-hydrogen) atoms. The Hall–Kier alpha value is -1.82. The Morgan fingerprint density at radius 2 is 1.91 bits per heavy atom. The van der Waals surface area contributed by atoms with Gasteiger partial charge in [0.05, 0.1) is 11.7 Å². The summed E-state index contributed by atoms with van der Waals surface area (Å²) in [6.45, 7) is 0. The van der Waals surface area contributed by atoms with Crippen LogP contribution in [0.4, 0.5) is 13.2 Å². The summed E-state index contributed by atoms with van der Waals surface area (Å²) in [7, 11) is 0. The second kappa shape index (κ2) is 6.96. The smallest absolute Gasteiger partial charge is 0.393 e. The minimum absolute atomic E-state index is 0.0158. The maximum absolute atomic E-state index is 12.6. The van der Waals surface area contributed by atoms with Gasteiger partial charge in [0.25, 0.3) is 0 Å². The predicted molar refractivity (Wildman–Crippen MR) is 76.9 cm³/mol. The first-order valence-electron chi connectivity index (χ1n) is 7.18. The number of carbonyl (C=O) groups is 1. The minimum atomic E-state index is -4.39. The lowest BCUT2D eigenvalue weighted by Gasteiger charge is -2.25. The number of hydrogen-bond acceptors (Lipinski definition) is 2. The van der Waals surface area contributed by atoms with Crippen molar-refractivity contribution in [3.05, 3.63) is 41.5 Å². The van der Waals surface area contributed by atoms with Gasteiger partial charge >= 0.3 is 6.18 Å². The number of hydrogen-bond donors (Lipinski definition) is 2. The van der Waals surface area contributed by atoms with Crippen molar-refractivity contribution in [3.63, 3.8) is 0 Å². The molecular formula is C16H18F3NO2. The highest BCUT2D eigenvalue weighted by Crippen LogP contribution is 2.29. The van der Waals surface area contributed by atoms with Crippen molar-refractivity contribution in [1.29, 1.82) is 0 Å². The third kappa shape index (κ3) is 4.87. The molecule has 0 bridgehead atoms. The van der Waals surface area contributed by atoms with Crippen molar-refractivity contribution >= 4 is 12.0 Å². The summed E-state index contributed by atoms with van der Waals surface area (Å²) >= 11 is 0. The SMILES string of the molecule is O=C(C=Cc1cccc(C(F)(F)F)c1)NC1CCC(O)CC1. The zero-order valence-corrected chi connectivity index (χ0v) is 11.9. The van der Waals surface area contributed by atoms with Crippen molar-refractivity contribution in [1.82, 2.24) is 5.32 Å². The van der Waals surface area contributed by atoms with E-state index in [2.05, 4.69) is 5.32 Å². The number of carbonyl (C=O) groups excluding carboxylic acids is 1. The normalized spacial score (nSPS) is 22.7. The molecule has 1 aliphatic carbocycles. The second-order valence-electron chi connectivity index (χ2n) is 5.47. The molecule has 120 valence electrons. The van der Waals surface area contributed by atoms with Gasteiger partial charge in [-0.1, -0.05) is 12.1 Å². The van der Waals surface area contributed by atoms with E-state index in [1.54, 1.807) is 0 Å². The highest BCUT2D eigenvalue weighted by atomic mass is 19.4. The van der Waals surface area contributed by atoms with Crippen LogP contribution >= 0.6 is 0 Å². The molecule has 1 fully saturated rings. The average molecular weight is 313 g/mol. The van der Waals surface area contributed by atoms with E-state index in [0.29, 0.717) is 31.2 Å².